The molecule has 0 aromatic carbocycles. The predicted octanol–water partition coefficient (Wildman–Crippen LogP) is 20.9. The van der Waals surface area contributed by atoms with E-state index in [0.29, 0.717) is 19.3 Å². The Hall–Kier alpha value is -3.67. The predicted molar refractivity (Wildman–Crippen MR) is 316 cm³/mol. The van der Waals surface area contributed by atoms with Crippen molar-refractivity contribution in [2.75, 3.05) is 13.2 Å². The van der Waals surface area contributed by atoms with Gasteiger partial charge in [0.05, 0.1) is 0 Å². The van der Waals surface area contributed by atoms with E-state index in [1.54, 1.807) is 0 Å². The highest BCUT2D eigenvalue weighted by molar-refractivity contribution is 5.71. The van der Waals surface area contributed by atoms with E-state index < -0.39 is 6.10 Å². The third kappa shape index (κ3) is 59.1. The van der Waals surface area contributed by atoms with Crippen LogP contribution >= 0.6 is 0 Å². The van der Waals surface area contributed by atoms with Crippen molar-refractivity contribution < 1.29 is 28.6 Å². The van der Waals surface area contributed by atoms with E-state index in [-0.39, 0.29) is 31.1 Å². The molecule has 418 valence electrons. The molecule has 6 nitrogen and oxygen atoms in total. The number of hydrogen-bond donors (Lipinski definition) is 0. The molecule has 0 saturated carbocycles. The van der Waals surface area contributed by atoms with Crippen molar-refractivity contribution in [1.82, 2.24) is 0 Å². The molecule has 0 aliphatic carbocycles. The first-order valence-corrected chi connectivity index (χ1v) is 30.7. The minimum absolute atomic E-state index is 0.0940. The van der Waals surface area contributed by atoms with Gasteiger partial charge in [-0.2, -0.15) is 0 Å². The summed E-state index contributed by atoms with van der Waals surface area (Å²) >= 11 is 0. The highest BCUT2D eigenvalue weighted by Gasteiger charge is 2.19. The van der Waals surface area contributed by atoms with Crippen molar-refractivity contribution in [3.63, 3.8) is 0 Å². The molecule has 0 aromatic rings. The van der Waals surface area contributed by atoms with Gasteiger partial charge in [-0.25, -0.2) is 0 Å². The van der Waals surface area contributed by atoms with Crippen LogP contribution in [0.4, 0.5) is 0 Å². The van der Waals surface area contributed by atoms with Crippen molar-refractivity contribution in [2.24, 2.45) is 0 Å². The second kappa shape index (κ2) is 60.9. The fraction of sp³-hybridized carbons (Fsp3) is 0.716. The molecule has 0 spiro atoms. The van der Waals surface area contributed by atoms with Gasteiger partial charge in [-0.15, -0.1) is 0 Å². The molecule has 0 radical (unpaired) electrons. The Labute approximate surface area is 451 Å². The molecular weight excluding hydrogens is 901 g/mol. The molecule has 0 amide bonds. The minimum Gasteiger partial charge on any atom is -0.462 e. The second-order valence-electron chi connectivity index (χ2n) is 20.2. The molecule has 73 heavy (non-hydrogen) atoms. The molecule has 0 rings (SSSR count). The minimum atomic E-state index is -0.801. The molecule has 0 aliphatic rings. The van der Waals surface area contributed by atoms with Gasteiger partial charge < -0.3 is 14.2 Å². The Morgan fingerprint density at radius 1 is 0.288 bits per heavy atom. The highest BCUT2D eigenvalue weighted by Crippen LogP contribution is 2.15. The molecule has 0 heterocycles. The van der Waals surface area contributed by atoms with Gasteiger partial charge in [0.25, 0.3) is 0 Å². The summed E-state index contributed by atoms with van der Waals surface area (Å²) in [5.41, 5.74) is 0. The quantitative estimate of drug-likeness (QED) is 0.0261. The second-order valence-corrected chi connectivity index (χ2v) is 20.2. The molecule has 0 saturated heterocycles. The Balaban J connectivity index is 4.42. The van der Waals surface area contributed by atoms with Gasteiger partial charge in [-0.1, -0.05) is 246 Å². The summed E-state index contributed by atoms with van der Waals surface area (Å²) in [6.07, 6.45) is 81.2. The summed E-state index contributed by atoms with van der Waals surface area (Å²) < 4.78 is 16.9. The zero-order chi connectivity index (χ0) is 52.9. The fourth-order valence-corrected chi connectivity index (χ4v) is 8.44. The number of carbonyl (C=O) groups is 3. The Morgan fingerprint density at radius 2 is 0.534 bits per heavy atom. The average Bonchev–Trinajstić information content (AvgIpc) is 3.39. The first-order valence-electron chi connectivity index (χ1n) is 30.7. The SMILES string of the molecule is CC/C=C\C/C=C\C/C=C\C/C=C\C/C=C\CCCCCC(=O)OC[C@H](COC(=O)CCCCCCCCCCCCC/C=C\CCCCCCCC)OC(=O)CCCCCCC/C=C\C/C=C\CCCCC. The zero-order valence-electron chi connectivity index (χ0n) is 47.9. The maximum atomic E-state index is 12.9. The summed E-state index contributed by atoms with van der Waals surface area (Å²) in [6, 6.07) is 0. The third-order valence-corrected chi connectivity index (χ3v) is 13.0. The van der Waals surface area contributed by atoms with Crippen LogP contribution in [-0.2, 0) is 28.6 Å². The third-order valence-electron chi connectivity index (χ3n) is 13.0. The van der Waals surface area contributed by atoms with Crippen molar-refractivity contribution in [1.29, 1.82) is 0 Å². The lowest BCUT2D eigenvalue weighted by molar-refractivity contribution is -0.167. The van der Waals surface area contributed by atoms with Crippen LogP contribution in [0.2, 0.25) is 0 Å². The number of hydrogen-bond acceptors (Lipinski definition) is 6. The molecule has 6 heteroatoms. The number of ether oxygens (including phenoxy) is 3. The van der Waals surface area contributed by atoms with Crippen LogP contribution < -0.4 is 0 Å². The van der Waals surface area contributed by atoms with Gasteiger partial charge in [-0.05, 0) is 122 Å². The van der Waals surface area contributed by atoms with E-state index in [1.165, 1.54) is 128 Å². The number of esters is 3. The van der Waals surface area contributed by atoms with Crippen LogP contribution in [0.5, 0.6) is 0 Å². The lowest BCUT2D eigenvalue weighted by Gasteiger charge is -2.18. The van der Waals surface area contributed by atoms with Crippen molar-refractivity contribution in [3.05, 3.63) is 97.2 Å². The van der Waals surface area contributed by atoms with Crippen molar-refractivity contribution >= 4 is 17.9 Å². The molecule has 0 aromatic heterocycles. The topological polar surface area (TPSA) is 78.9 Å². The molecular formula is C67H114O6. The summed E-state index contributed by atoms with van der Waals surface area (Å²) in [4.78, 5) is 38.3. The molecule has 0 bridgehead atoms. The largest absolute Gasteiger partial charge is 0.462 e. The summed E-state index contributed by atoms with van der Waals surface area (Å²) in [7, 11) is 0. The summed E-state index contributed by atoms with van der Waals surface area (Å²) in [5.74, 6) is -0.935. The number of unbranched alkanes of at least 4 members (excludes halogenated alkanes) is 28. The zero-order valence-corrected chi connectivity index (χ0v) is 47.9. The van der Waals surface area contributed by atoms with Crippen LogP contribution in [0.15, 0.2) is 97.2 Å². The fourth-order valence-electron chi connectivity index (χ4n) is 8.44. The number of allylic oxidation sites excluding steroid dienone is 16. The van der Waals surface area contributed by atoms with Crippen LogP contribution in [0.25, 0.3) is 0 Å². The average molecular weight is 1020 g/mol. The van der Waals surface area contributed by atoms with Crippen molar-refractivity contribution in [3.8, 4) is 0 Å². The van der Waals surface area contributed by atoms with E-state index >= 15 is 0 Å². The lowest BCUT2D eigenvalue weighted by Crippen LogP contribution is -2.30. The van der Waals surface area contributed by atoms with E-state index in [4.69, 9.17) is 14.2 Å². The molecule has 0 fully saturated rings. The number of carbonyl (C=O) groups excluding carboxylic acids is 3. The van der Waals surface area contributed by atoms with Gasteiger partial charge in [0.15, 0.2) is 6.10 Å². The van der Waals surface area contributed by atoms with E-state index in [9.17, 15) is 14.4 Å². The Morgan fingerprint density at radius 3 is 0.890 bits per heavy atom. The van der Waals surface area contributed by atoms with Crippen LogP contribution in [0, 0.1) is 0 Å². The van der Waals surface area contributed by atoms with E-state index in [1.807, 2.05) is 0 Å². The number of rotatable bonds is 55. The van der Waals surface area contributed by atoms with Gasteiger partial charge in [0.1, 0.15) is 13.2 Å². The summed E-state index contributed by atoms with van der Waals surface area (Å²) in [6.45, 7) is 6.48. The van der Waals surface area contributed by atoms with Gasteiger partial charge in [0.2, 0.25) is 0 Å². The van der Waals surface area contributed by atoms with E-state index in [2.05, 4.69) is 118 Å². The monoisotopic (exact) mass is 1010 g/mol. The molecule has 0 N–H and O–H groups in total. The summed E-state index contributed by atoms with van der Waals surface area (Å²) in [5, 5.41) is 0. The normalized spacial score (nSPS) is 12.8. The van der Waals surface area contributed by atoms with Crippen molar-refractivity contribution in [2.45, 2.75) is 297 Å². The molecule has 0 aliphatic heterocycles. The smallest absolute Gasteiger partial charge is 0.306 e. The standard InChI is InChI=1S/C67H114O6/c1-4-7-10-13-16-19-22-25-28-30-32-33-35-37-40-42-45-48-51-54-57-60-66(69)72-63-64(73-67(70)61-58-55-52-49-46-43-38-27-24-21-18-15-12-9-6-3)62-71-65(68)59-56-53-50-47-44-41-39-36-34-31-29-26-23-20-17-14-11-8-5-2/h8,11,17-18,20-21,25-29,34,36,38,41,44,64H,4-7,9-10,12-16,19,22-24,30-33,35,37,39-40,42-43,45-63H2,1-3H3/b11-8-,20-17-,21-18-,28-25-,29-26-,36-34-,38-27-,44-41-/t64-/m1/s1. The Kier molecular flexibility index (Phi) is 57.8. The lowest BCUT2D eigenvalue weighted by atomic mass is 10.0. The van der Waals surface area contributed by atoms with Gasteiger partial charge in [-0.3, -0.25) is 14.4 Å². The maximum Gasteiger partial charge on any atom is 0.306 e. The van der Waals surface area contributed by atoms with E-state index in [0.717, 1.165) is 122 Å². The maximum absolute atomic E-state index is 12.9. The first kappa shape index (κ1) is 69.3. The molecule has 0 unspecified atom stereocenters. The highest BCUT2D eigenvalue weighted by atomic mass is 16.6. The van der Waals surface area contributed by atoms with Crippen LogP contribution in [-0.4, -0.2) is 37.2 Å². The van der Waals surface area contributed by atoms with Gasteiger partial charge >= 0.3 is 17.9 Å². The van der Waals surface area contributed by atoms with Crippen LogP contribution in [0.1, 0.15) is 290 Å². The molecule has 1 atom stereocenters. The van der Waals surface area contributed by atoms with Gasteiger partial charge in [0, 0.05) is 19.3 Å². The first-order chi connectivity index (χ1) is 36.0. The van der Waals surface area contributed by atoms with Crippen LogP contribution in [0.3, 0.4) is 0 Å². The Bertz CT molecular complexity index is 1440.